The summed E-state index contributed by atoms with van der Waals surface area (Å²) in [6.07, 6.45) is 3.12. The molecular formula is C13H26N2O3S. The summed E-state index contributed by atoms with van der Waals surface area (Å²) in [6.45, 7) is 6.04. The lowest BCUT2D eigenvalue weighted by molar-refractivity contribution is -0.148. The van der Waals surface area contributed by atoms with Crippen LogP contribution in [0.4, 0.5) is 0 Å². The van der Waals surface area contributed by atoms with Gasteiger partial charge in [0, 0.05) is 0 Å². The average molecular weight is 290 g/mol. The van der Waals surface area contributed by atoms with E-state index in [0.29, 0.717) is 19.4 Å². The van der Waals surface area contributed by atoms with Crippen molar-refractivity contribution in [3.63, 3.8) is 0 Å². The molecule has 112 valence electrons. The van der Waals surface area contributed by atoms with Crippen molar-refractivity contribution in [3.05, 3.63) is 0 Å². The molecule has 0 aliphatic rings. The molecule has 0 fully saturated rings. The maximum Gasteiger partial charge on any atom is 0.328 e. The highest BCUT2D eigenvalue weighted by molar-refractivity contribution is 7.98. The summed E-state index contributed by atoms with van der Waals surface area (Å²) in [4.78, 5) is 23.7. The maximum atomic E-state index is 11.9. The molecule has 0 radical (unpaired) electrons. The number of carbonyl (C=O) groups excluding carboxylic acids is 2. The molecule has 5 nitrogen and oxygen atoms in total. The number of esters is 1. The van der Waals surface area contributed by atoms with Crippen LogP contribution in [0.5, 0.6) is 0 Å². The summed E-state index contributed by atoms with van der Waals surface area (Å²) >= 11 is 1.64. The van der Waals surface area contributed by atoms with E-state index < -0.39 is 12.1 Å². The van der Waals surface area contributed by atoms with Gasteiger partial charge in [-0.15, -0.1) is 0 Å². The molecule has 0 aliphatic heterocycles. The smallest absolute Gasteiger partial charge is 0.328 e. The number of ether oxygens (including phenoxy) is 1. The van der Waals surface area contributed by atoms with Crippen LogP contribution in [0, 0.1) is 5.92 Å². The van der Waals surface area contributed by atoms with Gasteiger partial charge in [-0.2, -0.15) is 11.8 Å². The van der Waals surface area contributed by atoms with E-state index in [1.165, 1.54) is 0 Å². The van der Waals surface area contributed by atoms with Gasteiger partial charge in [0.1, 0.15) is 6.04 Å². The molecule has 0 aromatic heterocycles. The molecule has 1 amide bonds. The fourth-order valence-electron chi connectivity index (χ4n) is 1.58. The molecule has 0 saturated heterocycles. The zero-order chi connectivity index (χ0) is 14.8. The van der Waals surface area contributed by atoms with Crippen LogP contribution in [0.3, 0.4) is 0 Å². The Morgan fingerprint density at radius 2 is 2.00 bits per heavy atom. The normalized spacial score (nSPS) is 14.0. The lowest BCUT2D eigenvalue weighted by Gasteiger charge is -2.21. The number of rotatable bonds is 9. The van der Waals surface area contributed by atoms with E-state index >= 15 is 0 Å². The van der Waals surface area contributed by atoms with Crippen LogP contribution in [0.2, 0.25) is 0 Å². The number of thioether (sulfide) groups is 1. The number of amides is 1. The summed E-state index contributed by atoms with van der Waals surface area (Å²) in [6, 6.07) is -1.18. The molecular weight excluding hydrogens is 264 g/mol. The van der Waals surface area contributed by atoms with Gasteiger partial charge in [0.05, 0.1) is 12.6 Å². The first-order valence-electron chi connectivity index (χ1n) is 6.63. The van der Waals surface area contributed by atoms with Crippen molar-refractivity contribution in [1.82, 2.24) is 5.32 Å². The van der Waals surface area contributed by atoms with Crippen LogP contribution in [-0.4, -0.2) is 42.6 Å². The molecule has 19 heavy (non-hydrogen) atoms. The van der Waals surface area contributed by atoms with Gasteiger partial charge in [-0.25, -0.2) is 4.79 Å². The van der Waals surface area contributed by atoms with Crippen LogP contribution in [-0.2, 0) is 14.3 Å². The molecule has 6 heteroatoms. The second-order valence-electron chi connectivity index (χ2n) is 4.83. The lowest BCUT2D eigenvalue weighted by Crippen LogP contribution is -2.49. The van der Waals surface area contributed by atoms with E-state index in [1.54, 1.807) is 18.7 Å². The molecule has 2 atom stereocenters. The average Bonchev–Trinajstić information content (AvgIpc) is 2.34. The summed E-state index contributed by atoms with van der Waals surface area (Å²) in [5, 5.41) is 2.69. The van der Waals surface area contributed by atoms with E-state index in [-0.39, 0.29) is 17.8 Å². The van der Waals surface area contributed by atoms with Crippen molar-refractivity contribution in [1.29, 1.82) is 0 Å². The molecule has 0 bridgehead atoms. The van der Waals surface area contributed by atoms with Crippen molar-refractivity contribution in [2.75, 3.05) is 18.6 Å². The van der Waals surface area contributed by atoms with Crippen molar-refractivity contribution >= 4 is 23.6 Å². The minimum atomic E-state index is -0.604. The Bertz CT molecular complexity index is 285. The highest BCUT2D eigenvalue weighted by Crippen LogP contribution is 2.07. The molecule has 0 aromatic carbocycles. The van der Waals surface area contributed by atoms with Crippen LogP contribution in [0.15, 0.2) is 0 Å². The predicted molar refractivity (Wildman–Crippen MR) is 79.0 cm³/mol. The Labute approximate surface area is 120 Å². The molecule has 0 unspecified atom stereocenters. The first kappa shape index (κ1) is 18.2. The topological polar surface area (TPSA) is 81.4 Å². The Hall–Kier alpha value is -0.750. The molecule has 0 aromatic rings. The third kappa shape index (κ3) is 8.10. The third-order valence-electron chi connectivity index (χ3n) is 2.56. The monoisotopic (exact) mass is 290 g/mol. The Morgan fingerprint density at radius 3 is 2.47 bits per heavy atom. The molecule has 3 N–H and O–H groups in total. The van der Waals surface area contributed by atoms with Gasteiger partial charge in [-0.1, -0.05) is 13.8 Å². The highest BCUT2D eigenvalue weighted by atomic mass is 32.2. The minimum absolute atomic E-state index is 0.284. The zero-order valence-corrected chi connectivity index (χ0v) is 13.1. The highest BCUT2D eigenvalue weighted by Gasteiger charge is 2.25. The number of nitrogens with two attached hydrogens (primary N) is 1. The van der Waals surface area contributed by atoms with Crippen molar-refractivity contribution in [2.45, 2.75) is 45.7 Å². The number of hydrogen-bond acceptors (Lipinski definition) is 5. The van der Waals surface area contributed by atoms with Gasteiger partial charge in [0.25, 0.3) is 0 Å². The summed E-state index contributed by atoms with van der Waals surface area (Å²) in [5.41, 5.74) is 5.78. The SMILES string of the molecule is CCOC(=O)[C@H](CC(C)C)NC(=O)[C@H](N)CCSC. The van der Waals surface area contributed by atoms with Crippen molar-refractivity contribution in [3.8, 4) is 0 Å². The maximum absolute atomic E-state index is 11.9. The van der Waals surface area contributed by atoms with E-state index in [0.717, 1.165) is 5.75 Å². The van der Waals surface area contributed by atoms with Gasteiger partial charge in [-0.05, 0) is 37.7 Å². The van der Waals surface area contributed by atoms with E-state index in [4.69, 9.17) is 10.5 Å². The fourth-order valence-corrected chi connectivity index (χ4v) is 2.07. The van der Waals surface area contributed by atoms with Gasteiger partial charge in [-0.3, -0.25) is 4.79 Å². The standard InChI is InChI=1S/C13H26N2O3S/c1-5-18-13(17)11(8-9(2)3)15-12(16)10(14)6-7-19-4/h9-11H,5-8,14H2,1-4H3,(H,15,16)/t10-,11+/m1/s1. The second-order valence-corrected chi connectivity index (χ2v) is 5.82. The second kappa shape index (κ2) is 10.1. The van der Waals surface area contributed by atoms with Gasteiger partial charge < -0.3 is 15.8 Å². The molecule has 0 spiro atoms. The molecule has 0 saturated carbocycles. The molecule has 0 aliphatic carbocycles. The van der Waals surface area contributed by atoms with E-state index in [2.05, 4.69) is 5.32 Å². The number of hydrogen-bond donors (Lipinski definition) is 2. The fraction of sp³-hybridized carbons (Fsp3) is 0.846. The third-order valence-corrected chi connectivity index (χ3v) is 3.21. The molecule has 0 heterocycles. The summed E-state index contributed by atoms with van der Waals surface area (Å²) in [7, 11) is 0. The Kier molecular flexibility index (Phi) is 9.69. The van der Waals surface area contributed by atoms with Crippen molar-refractivity contribution in [2.24, 2.45) is 11.7 Å². The largest absolute Gasteiger partial charge is 0.464 e. The number of carbonyl (C=O) groups is 2. The first-order chi connectivity index (χ1) is 8.92. The summed E-state index contributed by atoms with van der Waals surface area (Å²) < 4.78 is 4.97. The van der Waals surface area contributed by atoms with E-state index in [9.17, 15) is 9.59 Å². The van der Waals surface area contributed by atoms with Crippen LogP contribution >= 0.6 is 11.8 Å². The predicted octanol–water partition coefficient (Wildman–Crippen LogP) is 1.16. The first-order valence-corrected chi connectivity index (χ1v) is 8.03. The van der Waals surface area contributed by atoms with Gasteiger partial charge in [0.15, 0.2) is 0 Å². The van der Waals surface area contributed by atoms with Crippen LogP contribution in [0.1, 0.15) is 33.6 Å². The Morgan fingerprint density at radius 1 is 1.37 bits per heavy atom. The number of nitrogens with one attached hydrogen (secondary N) is 1. The minimum Gasteiger partial charge on any atom is -0.464 e. The van der Waals surface area contributed by atoms with Gasteiger partial charge >= 0.3 is 5.97 Å². The quantitative estimate of drug-likeness (QED) is 0.623. The molecule has 0 rings (SSSR count). The lowest BCUT2D eigenvalue weighted by atomic mass is 10.0. The van der Waals surface area contributed by atoms with Crippen LogP contribution in [0.25, 0.3) is 0 Å². The van der Waals surface area contributed by atoms with Crippen LogP contribution < -0.4 is 11.1 Å². The Balaban J connectivity index is 4.45. The van der Waals surface area contributed by atoms with Crippen molar-refractivity contribution < 1.29 is 14.3 Å². The van der Waals surface area contributed by atoms with Gasteiger partial charge in [0.2, 0.25) is 5.91 Å². The van der Waals surface area contributed by atoms with E-state index in [1.807, 2.05) is 20.1 Å². The zero-order valence-electron chi connectivity index (χ0n) is 12.3. The summed E-state index contributed by atoms with van der Waals surface area (Å²) in [5.74, 6) is 0.439.